The smallest absolute Gasteiger partial charge is 0.233 e. The Morgan fingerprint density at radius 1 is 1.40 bits per heavy atom. The highest BCUT2D eigenvalue weighted by molar-refractivity contribution is 6.07. The van der Waals surface area contributed by atoms with Crippen LogP contribution < -0.4 is 5.32 Å². The molecule has 1 aliphatic heterocycles. The van der Waals surface area contributed by atoms with Gasteiger partial charge in [-0.2, -0.15) is 0 Å². The highest BCUT2D eigenvalue weighted by Crippen LogP contribution is 2.48. The number of fused-ring (bicyclic) bond motifs is 1. The van der Waals surface area contributed by atoms with Crippen molar-refractivity contribution in [2.75, 3.05) is 0 Å². The van der Waals surface area contributed by atoms with Gasteiger partial charge in [-0.15, -0.1) is 12.4 Å². The summed E-state index contributed by atoms with van der Waals surface area (Å²) >= 11 is 0. The molecule has 2 fully saturated rings. The van der Waals surface area contributed by atoms with Crippen molar-refractivity contribution >= 4 is 24.2 Å². The molecule has 2 unspecified atom stereocenters. The third kappa shape index (κ3) is 1.78. The first-order chi connectivity index (χ1) is 6.70. The minimum absolute atomic E-state index is 0. The van der Waals surface area contributed by atoms with Crippen molar-refractivity contribution in [1.82, 2.24) is 5.32 Å². The topological polar surface area (TPSA) is 46.2 Å². The first kappa shape index (κ1) is 12.5. The average Bonchev–Trinajstić information content (AvgIpc) is 2.41. The first-order valence-electron chi connectivity index (χ1n) is 5.56. The van der Waals surface area contributed by atoms with Gasteiger partial charge in [0.15, 0.2) is 0 Å². The molecule has 0 aromatic carbocycles. The van der Waals surface area contributed by atoms with Crippen molar-refractivity contribution < 1.29 is 9.59 Å². The maximum atomic E-state index is 11.8. The molecule has 1 saturated heterocycles. The Morgan fingerprint density at radius 2 is 2.13 bits per heavy atom. The normalized spacial score (nSPS) is 34.3. The summed E-state index contributed by atoms with van der Waals surface area (Å²) in [7, 11) is 0. The number of amides is 2. The molecule has 2 aliphatic rings. The second kappa shape index (κ2) is 4.52. The van der Waals surface area contributed by atoms with E-state index in [1.807, 2.05) is 0 Å². The summed E-state index contributed by atoms with van der Waals surface area (Å²) in [6.45, 7) is 2.08. The fourth-order valence-electron chi connectivity index (χ4n) is 3.08. The Bertz CT molecular complexity index is 276. The van der Waals surface area contributed by atoms with Gasteiger partial charge in [-0.25, -0.2) is 0 Å². The van der Waals surface area contributed by atoms with Gasteiger partial charge >= 0.3 is 0 Å². The minimum Gasteiger partial charge on any atom is -0.296 e. The fraction of sp³-hybridized carbons (Fsp3) is 0.818. The number of imide groups is 1. The molecule has 0 bridgehead atoms. The van der Waals surface area contributed by atoms with Crippen molar-refractivity contribution in [1.29, 1.82) is 0 Å². The predicted molar refractivity (Wildman–Crippen MR) is 59.7 cm³/mol. The molecule has 0 aromatic rings. The second-order valence-electron chi connectivity index (χ2n) is 4.52. The molecule has 2 atom stereocenters. The van der Waals surface area contributed by atoms with Gasteiger partial charge < -0.3 is 0 Å². The SMILES string of the molecule is CCCC12CCCCC1C(=O)NC2=O.Cl. The third-order valence-electron chi connectivity index (χ3n) is 3.73. The maximum absolute atomic E-state index is 11.8. The van der Waals surface area contributed by atoms with E-state index < -0.39 is 0 Å². The highest BCUT2D eigenvalue weighted by Gasteiger charge is 2.54. The zero-order chi connectivity index (χ0) is 10.2. The molecule has 3 nitrogen and oxygen atoms in total. The summed E-state index contributed by atoms with van der Waals surface area (Å²) in [5.74, 6) is -0.0547. The van der Waals surface area contributed by atoms with Crippen LogP contribution >= 0.6 is 12.4 Å². The summed E-state index contributed by atoms with van der Waals surface area (Å²) in [5, 5.41) is 2.51. The number of rotatable bonds is 2. The molecule has 2 rings (SSSR count). The predicted octanol–water partition coefficient (Wildman–Crippen LogP) is 2.04. The Balaban J connectivity index is 0.00000112. The zero-order valence-electron chi connectivity index (χ0n) is 9.04. The first-order valence-corrected chi connectivity index (χ1v) is 5.56. The van der Waals surface area contributed by atoms with Crippen LogP contribution in [-0.4, -0.2) is 11.8 Å². The van der Waals surface area contributed by atoms with Crippen LogP contribution in [0, 0.1) is 11.3 Å². The molecular weight excluding hydrogens is 214 g/mol. The number of carbonyl (C=O) groups is 2. The van der Waals surface area contributed by atoms with Gasteiger partial charge in [0.05, 0.1) is 11.3 Å². The van der Waals surface area contributed by atoms with Crippen LogP contribution in [0.1, 0.15) is 45.4 Å². The molecule has 0 aromatic heterocycles. The van der Waals surface area contributed by atoms with E-state index in [2.05, 4.69) is 12.2 Å². The van der Waals surface area contributed by atoms with Crippen molar-refractivity contribution in [2.45, 2.75) is 45.4 Å². The number of nitrogens with one attached hydrogen (secondary N) is 1. The van der Waals surface area contributed by atoms with E-state index in [1.165, 1.54) is 0 Å². The van der Waals surface area contributed by atoms with Crippen LogP contribution in [0.15, 0.2) is 0 Å². The van der Waals surface area contributed by atoms with Gasteiger partial charge in [0.1, 0.15) is 0 Å². The molecule has 1 saturated carbocycles. The Hall–Kier alpha value is -0.570. The largest absolute Gasteiger partial charge is 0.296 e. The molecule has 1 heterocycles. The van der Waals surface area contributed by atoms with Crippen molar-refractivity contribution in [3.63, 3.8) is 0 Å². The summed E-state index contributed by atoms with van der Waals surface area (Å²) in [4.78, 5) is 23.4. The van der Waals surface area contributed by atoms with Gasteiger partial charge in [0.25, 0.3) is 0 Å². The lowest BCUT2D eigenvalue weighted by Gasteiger charge is -2.34. The molecule has 1 aliphatic carbocycles. The van der Waals surface area contributed by atoms with Crippen molar-refractivity contribution in [3.8, 4) is 0 Å². The molecule has 1 N–H and O–H groups in total. The van der Waals surface area contributed by atoms with Gasteiger partial charge in [-0.05, 0) is 19.3 Å². The van der Waals surface area contributed by atoms with Crippen LogP contribution in [-0.2, 0) is 9.59 Å². The fourth-order valence-corrected chi connectivity index (χ4v) is 3.08. The highest BCUT2D eigenvalue weighted by atomic mass is 35.5. The molecule has 0 radical (unpaired) electrons. The average molecular weight is 232 g/mol. The Morgan fingerprint density at radius 3 is 2.80 bits per heavy atom. The molecule has 2 amide bonds. The van der Waals surface area contributed by atoms with E-state index in [0.717, 1.165) is 38.5 Å². The van der Waals surface area contributed by atoms with Crippen LogP contribution in [0.25, 0.3) is 0 Å². The molecular formula is C11H18ClNO2. The Kier molecular flexibility index (Phi) is 3.77. The van der Waals surface area contributed by atoms with Gasteiger partial charge in [0, 0.05) is 0 Å². The quantitative estimate of drug-likeness (QED) is 0.740. The van der Waals surface area contributed by atoms with Crippen LogP contribution in [0.3, 0.4) is 0 Å². The van der Waals surface area contributed by atoms with E-state index in [1.54, 1.807) is 0 Å². The summed E-state index contributed by atoms with van der Waals surface area (Å²) < 4.78 is 0. The second-order valence-corrected chi connectivity index (χ2v) is 4.52. The summed E-state index contributed by atoms with van der Waals surface area (Å²) in [6, 6.07) is 0. The lowest BCUT2D eigenvalue weighted by Crippen LogP contribution is -2.37. The van der Waals surface area contributed by atoms with E-state index in [9.17, 15) is 9.59 Å². The van der Waals surface area contributed by atoms with Gasteiger partial charge in [0.2, 0.25) is 11.8 Å². The Labute approximate surface area is 96.4 Å². The summed E-state index contributed by atoms with van der Waals surface area (Å²) in [5.41, 5.74) is -0.329. The lowest BCUT2D eigenvalue weighted by atomic mass is 9.65. The van der Waals surface area contributed by atoms with E-state index in [4.69, 9.17) is 0 Å². The van der Waals surface area contributed by atoms with E-state index in [0.29, 0.717) is 0 Å². The minimum atomic E-state index is -0.329. The zero-order valence-corrected chi connectivity index (χ0v) is 9.86. The molecule has 15 heavy (non-hydrogen) atoms. The van der Waals surface area contributed by atoms with E-state index >= 15 is 0 Å². The molecule has 86 valence electrons. The number of halogens is 1. The van der Waals surface area contributed by atoms with E-state index in [-0.39, 0.29) is 35.6 Å². The van der Waals surface area contributed by atoms with Gasteiger partial charge in [-0.3, -0.25) is 14.9 Å². The van der Waals surface area contributed by atoms with Gasteiger partial charge in [-0.1, -0.05) is 26.2 Å². The van der Waals surface area contributed by atoms with Crippen molar-refractivity contribution in [3.05, 3.63) is 0 Å². The standard InChI is InChI=1S/C11H17NO2.ClH/c1-2-6-11-7-4-3-5-8(11)9(13)12-10(11)14;/h8H,2-7H2,1H3,(H,12,13,14);1H. The summed E-state index contributed by atoms with van der Waals surface area (Å²) in [6.07, 6.45) is 5.85. The maximum Gasteiger partial charge on any atom is 0.233 e. The van der Waals surface area contributed by atoms with Crippen molar-refractivity contribution in [2.24, 2.45) is 11.3 Å². The monoisotopic (exact) mass is 231 g/mol. The molecule has 4 heteroatoms. The van der Waals surface area contributed by atoms with Crippen LogP contribution in [0.5, 0.6) is 0 Å². The van der Waals surface area contributed by atoms with Crippen LogP contribution in [0.4, 0.5) is 0 Å². The number of hydrogen-bond donors (Lipinski definition) is 1. The number of hydrogen-bond acceptors (Lipinski definition) is 2. The number of carbonyl (C=O) groups excluding carboxylic acids is 2. The molecule has 0 spiro atoms. The van der Waals surface area contributed by atoms with Crippen LogP contribution in [0.2, 0.25) is 0 Å². The lowest BCUT2D eigenvalue weighted by molar-refractivity contribution is -0.131. The third-order valence-corrected chi connectivity index (χ3v) is 3.73.